The minimum atomic E-state index is -0.182. The molecule has 498 valence electrons. The fraction of sp³-hybridized carbons (Fsp3) is 0.118. The Kier molecular flexibility index (Phi) is 15.7. The normalized spacial score (nSPS) is 13.4. The van der Waals surface area contributed by atoms with Crippen LogP contribution >= 0.6 is 0 Å². The smallest absolute Gasteiger partial charge is 0.160 e. The van der Waals surface area contributed by atoms with E-state index in [4.69, 9.17) is 9.97 Å². The van der Waals surface area contributed by atoms with Gasteiger partial charge in [-0.25, -0.2) is 9.97 Å². The maximum absolute atomic E-state index is 6.00. The van der Waals surface area contributed by atoms with E-state index >= 15 is 0 Å². The van der Waals surface area contributed by atoms with Crippen molar-refractivity contribution in [1.29, 1.82) is 0 Å². The first kappa shape index (κ1) is 64.0. The summed E-state index contributed by atoms with van der Waals surface area (Å²) in [6, 6.07) is 113. The summed E-state index contributed by atoms with van der Waals surface area (Å²) in [7, 11) is 0. The maximum atomic E-state index is 6.00. The lowest BCUT2D eigenvalue weighted by molar-refractivity contribution is 0.657. The average Bonchev–Trinajstić information content (AvgIpc) is 1.52. The predicted octanol–water partition coefficient (Wildman–Crippen LogP) is 27.3. The second kappa shape index (κ2) is 25.5. The third-order valence-corrected chi connectivity index (χ3v) is 23.4. The Morgan fingerprint density at radius 1 is 0.269 bits per heavy atom. The molecule has 16 aromatic rings. The van der Waals surface area contributed by atoms with Gasteiger partial charge in [-0.2, -0.15) is 0 Å². The Hall–Kier alpha value is -12.1. The number of hydrogen-bond donors (Lipinski definition) is 0. The Balaban J connectivity index is 0.813. The van der Waals surface area contributed by atoms with Crippen LogP contribution in [0.4, 0.5) is 0 Å². The summed E-state index contributed by atoms with van der Waals surface area (Å²) < 4.78 is 0. The van der Waals surface area contributed by atoms with Gasteiger partial charge in [0.05, 0.1) is 11.4 Å². The molecular weight excluding hydrogens is 1250 g/mol. The van der Waals surface area contributed by atoms with Gasteiger partial charge in [0.1, 0.15) is 0 Å². The molecule has 2 nitrogen and oxygen atoms in total. The number of fused-ring (bicyclic) bond motifs is 9. The highest BCUT2D eigenvalue weighted by Crippen LogP contribution is 2.57. The van der Waals surface area contributed by atoms with Crippen LogP contribution in [0.5, 0.6) is 0 Å². The molecule has 0 radical (unpaired) electrons. The molecule has 2 heteroatoms. The first-order valence-corrected chi connectivity index (χ1v) is 36.8. The Morgan fingerprint density at radius 3 is 1.11 bits per heavy atom. The van der Waals surface area contributed by atoms with Gasteiger partial charge in [-0.05, 0) is 261 Å². The number of rotatable bonds is 11. The van der Waals surface area contributed by atoms with Gasteiger partial charge in [0.2, 0.25) is 0 Å². The van der Waals surface area contributed by atoms with Crippen LogP contribution in [0.15, 0.2) is 303 Å². The van der Waals surface area contributed by atoms with Gasteiger partial charge in [0, 0.05) is 22.5 Å². The van der Waals surface area contributed by atoms with E-state index in [0.717, 1.165) is 61.8 Å². The molecule has 2 aliphatic rings. The highest BCUT2D eigenvalue weighted by molar-refractivity contribution is 6.07. The molecule has 0 amide bonds. The Bertz CT molecular complexity index is 6020. The van der Waals surface area contributed by atoms with E-state index in [1.165, 1.54) is 161 Å². The molecule has 18 rings (SSSR count). The first-order chi connectivity index (χ1) is 50.8. The van der Waals surface area contributed by atoms with Crippen LogP contribution in [-0.4, -0.2) is 9.97 Å². The van der Waals surface area contributed by atoms with Gasteiger partial charge >= 0.3 is 0 Å². The summed E-state index contributed by atoms with van der Waals surface area (Å²) in [6.07, 6.45) is 0.800. The van der Waals surface area contributed by atoms with Crippen LogP contribution in [0.3, 0.4) is 0 Å². The van der Waals surface area contributed by atoms with Gasteiger partial charge in [-0.1, -0.05) is 305 Å². The molecule has 1 atom stereocenters. The summed E-state index contributed by atoms with van der Waals surface area (Å²) in [4.78, 5) is 11.9. The summed E-state index contributed by atoms with van der Waals surface area (Å²) in [6.45, 7) is 21.0. The van der Waals surface area contributed by atoms with Crippen molar-refractivity contribution in [3.63, 3.8) is 0 Å². The molecule has 0 fully saturated rings. The van der Waals surface area contributed by atoms with E-state index in [0.29, 0.717) is 5.82 Å². The Labute approximate surface area is 611 Å². The molecule has 0 spiro atoms. The molecule has 1 unspecified atom stereocenters. The standard InChI is InChI=1S/C102H80N2/c1-61-91(68-32-14-10-15-33-68)63(3)95(64(4)92(61)69-34-16-11-17-35-69)74-42-26-40-72(58-74)77-47-28-51-81-79(77)49-30-53-87(81)99-67(7)100(89-60-76-56-57-86-84-45-24-25-55-90(84)102(8,9)98(86)97(76)85-46-23-22-44-83(85)89)104-101(103-99)88-54-31-50-80-78(48-29-52-82(80)88)73-41-27-43-75(59-73)96-65(5)93(70-36-18-12-19-37-70)62(2)94(66(96)6)71-38-20-13-21-39-71/h10-59,89H,60H2,1-9H3. The molecule has 0 saturated carbocycles. The lowest BCUT2D eigenvalue weighted by Gasteiger charge is -2.33. The van der Waals surface area contributed by atoms with Gasteiger partial charge in [0.15, 0.2) is 5.82 Å². The van der Waals surface area contributed by atoms with Gasteiger partial charge < -0.3 is 0 Å². The van der Waals surface area contributed by atoms with E-state index in [-0.39, 0.29) is 11.3 Å². The molecule has 0 N–H and O–H groups in total. The highest BCUT2D eigenvalue weighted by Gasteiger charge is 2.41. The molecule has 104 heavy (non-hydrogen) atoms. The lowest BCUT2D eigenvalue weighted by Crippen LogP contribution is -2.21. The van der Waals surface area contributed by atoms with E-state index in [1.54, 1.807) is 0 Å². The minimum Gasteiger partial charge on any atom is -0.232 e. The van der Waals surface area contributed by atoms with E-state index in [2.05, 4.69) is 366 Å². The zero-order valence-corrected chi connectivity index (χ0v) is 60.5. The summed E-state index contributed by atoms with van der Waals surface area (Å²) >= 11 is 0. The largest absolute Gasteiger partial charge is 0.232 e. The predicted molar refractivity (Wildman–Crippen MR) is 440 cm³/mol. The molecule has 2 aliphatic carbocycles. The fourth-order valence-corrected chi connectivity index (χ4v) is 18.9. The quantitative estimate of drug-likeness (QED) is 0.129. The number of hydrogen-bond acceptors (Lipinski definition) is 2. The zero-order chi connectivity index (χ0) is 70.6. The molecule has 1 aromatic heterocycles. The third kappa shape index (κ3) is 10.3. The van der Waals surface area contributed by atoms with Crippen molar-refractivity contribution >= 4 is 21.5 Å². The second-order valence-electron chi connectivity index (χ2n) is 29.5. The van der Waals surface area contributed by atoms with E-state index < -0.39 is 0 Å². The van der Waals surface area contributed by atoms with Crippen molar-refractivity contribution in [2.45, 2.75) is 80.1 Å². The minimum absolute atomic E-state index is 0.0669. The van der Waals surface area contributed by atoms with Crippen LogP contribution in [0.25, 0.3) is 155 Å². The van der Waals surface area contributed by atoms with Crippen molar-refractivity contribution < 1.29 is 0 Å². The van der Waals surface area contributed by atoms with Crippen molar-refractivity contribution in [2.75, 3.05) is 0 Å². The van der Waals surface area contributed by atoms with Crippen molar-refractivity contribution in [3.05, 3.63) is 370 Å². The maximum Gasteiger partial charge on any atom is 0.160 e. The summed E-state index contributed by atoms with van der Waals surface area (Å²) in [5.41, 5.74) is 43.2. The van der Waals surface area contributed by atoms with Crippen LogP contribution in [0, 0.1) is 48.5 Å². The molecule has 1 heterocycles. The zero-order valence-electron chi connectivity index (χ0n) is 60.5. The fourth-order valence-electron chi connectivity index (χ4n) is 18.9. The van der Waals surface area contributed by atoms with Crippen LogP contribution < -0.4 is 0 Å². The van der Waals surface area contributed by atoms with Crippen molar-refractivity contribution in [3.8, 4) is 134 Å². The van der Waals surface area contributed by atoms with Crippen molar-refractivity contribution in [1.82, 2.24) is 9.97 Å². The van der Waals surface area contributed by atoms with Gasteiger partial charge in [0.25, 0.3) is 0 Å². The summed E-state index contributed by atoms with van der Waals surface area (Å²) in [5.74, 6) is 0.649. The number of benzene rings is 15. The molecule has 0 saturated heterocycles. The second-order valence-corrected chi connectivity index (χ2v) is 29.5. The first-order valence-electron chi connectivity index (χ1n) is 36.8. The molecule has 0 bridgehead atoms. The average molecular weight is 1330 g/mol. The van der Waals surface area contributed by atoms with Gasteiger partial charge in [-0.3, -0.25) is 0 Å². The van der Waals surface area contributed by atoms with Crippen LogP contribution in [0.2, 0.25) is 0 Å². The Morgan fingerprint density at radius 2 is 0.625 bits per heavy atom. The number of nitrogens with zero attached hydrogens (tertiary/aromatic N) is 2. The number of aromatic nitrogens is 2. The molecule has 0 aliphatic heterocycles. The van der Waals surface area contributed by atoms with Crippen LogP contribution in [0.1, 0.15) is 86.7 Å². The lowest BCUT2D eigenvalue weighted by atomic mass is 9.70. The van der Waals surface area contributed by atoms with Crippen LogP contribution in [-0.2, 0) is 11.8 Å². The van der Waals surface area contributed by atoms with E-state index in [1.807, 2.05) is 0 Å². The molecule has 15 aromatic carbocycles. The third-order valence-electron chi connectivity index (χ3n) is 23.4. The van der Waals surface area contributed by atoms with Gasteiger partial charge in [-0.15, -0.1) is 0 Å². The SMILES string of the molecule is Cc1c(-c2cccc3c(-c4cccc(-c5c(C)c(-c6ccccc6)c(C)c(-c6ccccc6)c5C)c4)cccc23)nc(-c2cccc3c(-c4cccc(-c5c(C)c(-c6ccccc6)c(C)c(-c6ccccc6)c5C)c4)cccc23)nc1C1Cc2ccc3c(c2-c2ccccc21)C(C)(C)c1ccccc1-3. The topological polar surface area (TPSA) is 25.8 Å². The summed E-state index contributed by atoms with van der Waals surface area (Å²) in [5, 5.41) is 4.57. The monoisotopic (exact) mass is 1330 g/mol. The molecular formula is C102H80N2. The van der Waals surface area contributed by atoms with Crippen molar-refractivity contribution in [2.24, 2.45) is 0 Å². The highest BCUT2D eigenvalue weighted by atomic mass is 14.9. The van der Waals surface area contributed by atoms with E-state index in [9.17, 15) is 0 Å².